The third-order valence-corrected chi connectivity index (χ3v) is 4.08. The van der Waals surface area contributed by atoms with Crippen LogP contribution in [-0.4, -0.2) is 37.8 Å². The minimum Gasteiger partial charge on any atom is -0.497 e. The SMILES string of the molecule is COc1cccc([C@@H](CNC(=S)Nc2cccc(C)c2)N(C)C)c1. The predicted molar refractivity (Wildman–Crippen MR) is 105 cm³/mol. The Kier molecular flexibility index (Phi) is 6.58. The number of rotatable bonds is 6. The van der Waals surface area contributed by atoms with Crippen LogP contribution in [0.4, 0.5) is 5.69 Å². The molecule has 2 aromatic carbocycles. The Hall–Kier alpha value is -2.11. The Labute approximate surface area is 149 Å². The van der Waals surface area contributed by atoms with Gasteiger partial charge in [-0.25, -0.2) is 0 Å². The van der Waals surface area contributed by atoms with Gasteiger partial charge in [-0.1, -0.05) is 24.3 Å². The number of nitrogens with zero attached hydrogens (tertiary/aromatic N) is 1. The Bertz CT molecular complexity index is 688. The molecule has 0 amide bonds. The van der Waals surface area contributed by atoms with Crippen LogP contribution in [0.2, 0.25) is 0 Å². The normalized spacial score (nSPS) is 11.9. The fourth-order valence-electron chi connectivity index (χ4n) is 2.53. The molecule has 1 atom stereocenters. The minimum absolute atomic E-state index is 0.192. The lowest BCUT2D eigenvalue weighted by atomic mass is 10.1. The summed E-state index contributed by atoms with van der Waals surface area (Å²) in [5, 5.41) is 7.15. The number of thiocarbonyl (C=S) groups is 1. The maximum absolute atomic E-state index is 5.42. The summed E-state index contributed by atoms with van der Waals surface area (Å²) in [5.74, 6) is 0.861. The quantitative estimate of drug-likeness (QED) is 0.784. The van der Waals surface area contributed by atoms with Crippen molar-refractivity contribution < 1.29 is 4.74 Å². The molecule has 0 unspecified atom stereocenters. The molecule has 0 saturated heterocycles. The van der Waals surface area contributed by atoms with E-state index in [1.165, 1.54) is 11.1 Å². The molecular weight excluding hydrogens is 318 g/mol. The molecule has 0 aliphatic rings. The molecule has 0 aromatic heterocycles. The lowest BCUT2D eigenvalue weighted by Gasteiger charge is -2.26. The summed E-state index contributed by atoms with van der Waals surface area (Å²) in [4.78, 5) is 2.16. The van der Waals surface area contributed by atoms with Crippen molar-refractivity contribution in [1.82, 2.24) is 10.2 Å². The van der Waals surface area contributed by atoms with Crippen LogP contribution in [0.15, 0.2) is 48.5 Å². The van der Waals surface area contributed by atoms with Gasteiger partial charge in [0.2, 0.25) is 0 Å². The minimum atomic E-state index is 0.192. The average molecular weight is 343 g/mol. The molecule has 0 radical (unpaired) electrons. The van der Waals surface area contributed by atoms with Crippen molar-refractivity contribution in [2.75, 3.05) is 33.1 Å². The van der Waals surface area contributed by atoms with E-state index in [4.69, 9.17) is 17.0 Å². The summed E-state index contributed by atoms with van der Waals surface area (Å²) in [6, 6.07) is 16.5. The van der Waals surface area contributed by atoms with E-state index < -0.39 is 0 Å². The molecule has 5 heteroatoms. The summed E-state index contributed by atoms with van der Waals surface area (Å²) in [6.07, 6.45) is 0. The lowest BCUT2D eigenvalue weighted by Crippen LogP contribution is -2.36. The zero-order valence-electron chi connectivity index (χ0n) is 14.7. The van der Waals surface area contributed by atoms with Crippen LogP contribution in [0.5, 0.6) is 5.75 Å². The molecule has 0 fully saturated rings. The number of benzene rings is 2. The molecule has 4 nitrogen and oxygen atoms in total. The summed E-state index contributed by atoms with van der Waals surface area (Å²) >= 11 is 5.42. The number of likely N-dealkylation sites (N-methyl/N-ethyl adjacent to an activating group) is 1. The van der Waals surface area contributed by atoms with E-state index in [0.29, 0.717) is 11.7 Å². The van der Waals surface area contributed by atoms with Gasteiger partial charge < -0.3 is 20.3 Å². The van der Waals surface area contributed by atoms with Gasteiger partial charge in [0.25, 0.3) is 0 Å². The summed E-state index contributed by atoms with van der Waals surface area (Å²) in [7, 11) is 5.80. The van der Waals surface area contributed by atoms with Crippen LogP contribution < -0.4 is 15.4 Å². The van der Waals surface area contributed by atoms with Gasteiger partial charge in [0.05, 0.1) is 13.2 Å². The standard InChI is InChI=1S/C19H25N3OS/c1-14-7-5-9-16(11-14)21-19(24)20-13-18(22(2)3)15-8-6-10-17(12-15)23-4/h5-12,18H,13H2,1-4H3,(H2,20,21,24)/t18-/m1/s1. The van der Waals surface area contributed by atoms with Crippen molar-refractivity contribution in [3.63, 3.8) is 0 Å². The maximum Gasteiger partial charge on any atom is 0.170 e. The molecule has 0 saturated carbocycles. The second-order valence-corrected chi connectivity index (χ2v) is 6.37. The van der Waals surface area contributed by atoms with E-state index in [-0.39, 0.29) is 6.04 Å². The fourth-order valence-corrected chi connectivity index (χ4v) is 2.74. The van der Waals surface area contributed by atoms with Gasteiger partial charge in [0.1, 0.15) is 5.75 Å². The van der Waals surface area contributed by atoms with E-state index in [1.807, 2.05) is 24.3 Å². The van der Waals surface area contributed by atoms with Crippen molar-refractivity contribution >= 4 is 23.0 Å². The fraction of sp³-hybridized carbons (Fsp3) is 0.316. The number of aryl methyl sites for hydroxylation is 1. The van der Waals surface area contributed by atoms with E-state index in [0.717, 1.165) is 11.4 Å². The zero-order chi connectivity index (χ0) is 17.5. The van der Waals surface area contributed by atoms with Crippen LogP contribution in [0, 0.1) is 6.92 Å². The Morgan fingerprint density at radius 3 is 2.58 bits per heavy atom. The van der Waals surface area contributed by atoms with Crippen LogP contribution in [0.25, 0.3) is 0 Å². The van der Waals surface area contributed by atoms with Crippen molar-refractivity contribution in [3.8, 4) is 5.75 Å². The van der Waals surface area contributed by atoms with Gasteiger partial charge in [0.15, 0.2) is 5.11 Å². The van der Waals surface area contributed by atoms with Crippen LogP contribution in [-0.2, 0) is 0 Å². The van der Waals surface area contributed by atoms with Gasteiger partial charge >= 0.3 is 0 Å². The zero-order valence-corrected chi connectivity index (χ0v) is 15.5. The van der Waals surface area contributed by atoms with Gasteiger partial charge in [0, 0.05) is 12.2 Å². The Morgan fingerprint density at radius 2 is 1.92 bits per heavy atom. The highest BCUT2D eigenvalue weighted by Crippen LogP contribution is 2.22. The molecule has 24 heavy (non-hydrogen) atoms. The van der Waals surface area contributed by atoms with E-state index in [1.54, 1.807) is 7.11 Å². The molecule has 0 bridgehead atoms. The maximum atomic E-state index is 5.42. The topological polar surface area (TPSA) is 36.5 Å². The molecular formula is C19H25N3OS. The Balaban J connectivity index is 1.99. The molecule has 0 heterocycles. The van der Waals surface area contributed by atoms with Crippen molar-refractivity contribution in [2.45, 2.75) is 13.0 Å². The molecule has 128 valence electrons. The number of hydrogen-bond donors (Lipinski definition) is 2. The first-order valence-corrected chi connectivity index (χ1v) is 8.32. The monoisotopic (exact) mass is 343 g/mol. The molecule has 2 aromatic rings. The van der Waals surface area contributed by atoms with Gasteiger partial charge in [-0.05, 0) is 68.6 Å². The largest absolute Gasteiger partial charge is 0.497 e. The number of ether oxygens (including phenoxy) is 1. The predicted octanol–water partition coefficient (Wildman–Crippen LogP) is 3.59. The third-order valence-electron chi connectivity index (χ3n) is 3.83. The van der Waals surface area contributed by atoms with Crippen molar-refractivity contribution in [3.05, 3.63) is 59.7 Å². The first-order valence-electron chi connectivity index (χ1n) is 7.91. The molecule has 2 N–H and O–H groups in total. The number of methoxy groups -OCH3 is 1. The van der Waals surface area contributed by atoms with Crippen LogP contribution in [0.3, 0.4) is 0 Å². The first kappa shape index (κ1) is 18.2. The third kappa shape index (κ3) is 5.22. The molecule has 0 spiro atoms. The highest BCUT2D eigenvalue weighted by molar-refractivity contribution is 7.80. The first-order chi connectivity index (χ1) is 11.5. The second kappa shape index (κ2) is 8.66. The molecule has 2 rings (SSSR count). The molecule has 0 aliphatic heterocycles. The number of nitrogens with one attached hydrogen (secondary N) is 2. The van der Waals surface area contributed by atoms with Crippen LogP contribution in [0.1, 0.15) is 17.2 Å². The van der Waals surface area contributed by atoms with Gasteiger partial charge in [-0.3, -0.25) is 0 Å². The summed E-state index contributed by atoms with van der Waals surface area (Å²) in [5.41, 5.74) is 3.38. The highest BCUT2D eigenvalue weighted by Gasteiger charge is 2.15. The van der Waals surface area contributed by atoms with Gasteiger partial charge in [-0.2, -0.15) is 0 Å². The average Bonchev–Trinajstić information content (AvgIpc) is 2.55. The number of anilines is 1. The van der Waals surface area contributed by atoms with E-state index in [2.05, 4.69) is 60.8 Å². The summed E-state index contributed by atoms with van der Waals surface area (Å²) in [6.45, 7) is 2.77. The van der Waals surface area contributed by atoms with Crippen molar-refractivity contribution in [1.29, 1.82) is 0 Å². The second-order valence-electron chi connectivity index (χ2n) is 5.96. The van der Waals surface area contributed by atoms with Gasteiger partial charge in [-0.15, -0.1) is 0 Å². The van der Waals surface area contributed by atoms with Crippen LogP contribution >= 0.6 is 12.2 Å². The van der Waals surface area contributed by atoms with E-state index >= 15 is 0 Å². The number of hydrogen-bond acceptors (Lipinski definition) is 3. The van der Waals surface area contributed by atoms with Crippen molar-refractivity contribution in [2.24, 2.45) is 0 Å². The van der Waals surface area contributed by atoms with E-state index in [9.17, 15) is 0 Å². The summed E-state index contributed by atoms with van der Waals surface area (Å²) < 4.78 is 5.32. The molecule has 0 aliphatic carbocycles. The highest BCUT2D eigenvalue weighted by atomic mass is 32.1. The smallest absolute Gasteiger partial charge is 0.170 e. The lowest BCUT2D eigenvalue weighted by molar-refractivity contribution is 0.298. The Morgan fingerprint density at radius 1 is 1.17 bits per heavy atom.